The zero-order valence-electron chi connectivity index (χ0n) is 19.5. The van der Waals surface area contributed by atoms with Crippen LogP contribution in [0.3, 0.4) is 0 Å². The molecular formula is C27H51N. The number of rotatable bonds is 21. The van der Waals surface area contributed by atoms with Crippen LogP contribution in [-0.2, 0) is 12.8 Å². The number of hydrogen-bond donors (Lipinski definition) is 1. The van der Waals surface area contributed by atoms with Crippen LogP contribution in [0.1, 0.15) is 147 Å². The summed E-state index contributed by atoms with van der Waals surface area (Å²) in [6, 6.07) is 0. The van der Waals surface area contributed by atoms with E-state index in [2.05, 4.69) is 31.2 Å². The van der Waals surface area contributed by atoms with E-state index < -0.39 is 0 Å². The fourth-order valence-electron chi connectivity index (χ4n) is 4.32. The number of unbranched alkanes of at least 4 members (excludes halogenated alkanes) is 17. The van der Waals surface area contributed by atoms with Crippen molar-refractivity contribution in [3.63, 3.8) is 0 Å². The second-order valence-electron chi connectivity index (χ2n) is 9.02. The summed E-state index contributed by atoms with van der Waals surface area (Å²) < 4.78 is 0. The lowest BCUT2D eigenvalue weighted by atomic mass is 10.00. The topological polar surface area (TPSA) is 15.8 Å². The van der Waals surface area contributed by atoms with Crippen molar-refractivity contribution in [1.29, 1.82) is 0 Å². The van der Waals surface area contributed by atoms with Gasteiger partial charge < -0.3 is 4.98 Å². The second kappa shape index (κ2) is 19.6. The van der Waals surface area contributed by atoms with Gasteiger partial charge in [-0.2, -0.15) is 0 Å². The van der Waals surface area contributed by atoms with E-state index in [0.717, 1.165) is 0 Å². The van der Waals surface area contributed by atoms with E-state index in [4.69, 9.17) is 0 Å². The molecule has 0 bridgehead atoms. The Morgan fingerprint density at radius 3 is 1.04 bits per heavy atom. The van der Waals surface area contributed by atoms with Gasteiger partial charge in [0.15, 0.2) is 0 Å². The molecule has 1 aromatic heterocycles. The molecule has 1 aromatic rings. The average molecular weight is 390 g/mol. The van der Waals surface area contributed by atoms with Gasteiger partial charge in [0, 0.05) is 12.4 Å². The van der Waals surface area contributed by atoms with Crippen molar-refractivity contribution in [2.75, 3.05) is 0 Å². The molecule has 28 heavy (non-hydrogen) atoms. The van der Waals surface area contributed by atoms with Crippen molar-refractivity contribution in [2.45, 2.75) is 149 Å². The SMILES string of the molecule is CCCCCCCCCCCCCCc1c[nH]cc1CCCCCCCCC. The maximum Gasteiger partial charge on any atom is 0.00401 e. The number of nitrogens with one attached hydrogen (secondary N) is 1. The van der Waals surface area contributed by atoms with Gasteiger partial charge in [-0.25, -0.2) is 0 Å². The van der Waals surface area contributed by atoms with Gasteiger partial charge in [-0.1, -0.05) is 123 Å². The predicted octanol–water partition coefficient (Wildman–Crippen LogP) is 9.55. The highest BCUT2D eigenvalue weighted by Gasteiger charge is 2.04. The van der Waals surface area contributed by atoms with E-state index in [-0.39, 0.29) is 0 Å². The molecule has 0 amide bonds. The fourth-order valence-corrected chi connectivity index (χ4v) is 4.32. The fraction of sp³-hybridized carbons (Fsp3) is 0.852. The summed E-state index contributed by atoms with van der Waals surface area (Å²) in [5.74, 6) is 0. The monoisotopic (exact) mass is 389 g/mol. The Morgan fingerprint density at radius 2 is 0.714 bits per heavy atom. The zero-order chi connectivity index (χ0) is 20.1. The Bertz CT molecular complexity index is 420. The van der Waals surface area contributed by atoms with E-state index in [1.54, 1.807) is 11.1 Å². The van der Waals surface area contributed by atoms with Gasteiger partial charge in [-0.05, 0) is 36.8 Å². The summed E-state index contributed by atoms with van der Waals surface area (Å²) in [7, 11) is 0. The molecule has 164 valence electrons. The minimum atomic E-state index is 1.28. The van der Waals surface area contributed by atoms with Crippen LogP contribution in [0.5, 0.6) is 0 Å². The van der Waals surface area contributed by atoms with Gasteiger partial charge >= 0.3 is 0 Å². The Morgan fingerprint density at radius 1 is 0.429 bits per heavy atom. The predicted molar refractivity (Wildman–Crippen MR) is 127 cm³/mol. The number of aromatic nitrogens is 1. The summed E-state index contributed by atoms with van der Waals surface area (Å²) in [6.45, 7) is 4.59. The van der Waals surface area contributed by atoms with Crippen molar-refractivity contribution in [3.8, 4) is 0 Å². The van der Waals surface area contributed by atoms with Crippen molar-refractivity contribution in [2.24, 2.45) is 0 Å². The lowest BCUT2D eigenvalue weighted by Gasteiger charge is -2.05. The number of hydrogen-bond acceptors (Lipinski definition) is 0. The number of H-pyrrole nitrogens is 1. The van der Waals surface area contributed by atoms with Crippen molar-refractivity contribution < 1.29 is 0 Å². The molecule has 0 aromatic carbocycles. The van der Waals surface area contributed by atoms with Crippen molar-refractivity contribution in [1.82, 2.24) is 4.98 Å². The minimum absolute atomic E-state index is 1.28. The van der Waals surface area contributed by atoms with Crippen molar-refractivity contribution >= 4 is 0 Å². The van der Waals surface area contributed by atoms with Gasteiger partial charge in [0.1, 0.15) is 0 Å². The molecule has 1 heterocycles. The van der Waals surface area contributed by atoms with Crippen molar-refractivity contribution in [3.05, 3.63) is 23.5 Å². The Kier molecular flexibility index (Phi) is 17.7. The van der Waals surface area contributed by atoms with Crippen LogP contribution >= 0.6 is 0 Å². The van der Waals surface area contributed by atoms with Crippen LogP contribution in [0.2, 0.25) is 0 Å². The molecule has 0 aliphatic carbocycles. The average Bonchev–Trinajstić information content (AvgIpc) is 3.15. The van der Waals surface area contributed by atoms with Gasteiger partial charge in [-0.15, -0.1) is 0 Å². The standard InChI is InChI=1S/C27H51N/c1-3-5-7-9-11-12-13-14-15-17-19-21-23-27-25-28-24-26(27)22-20-18-16-10-8-6-4-2/h24-25,28H,3-23H2,1-2H3. The van der Waals surface area contributed by atoms with E-state index in [0.29, 0.717) is 0 Å². The molecule has 1 N–H and O–H groups in total. The molecule has 0 saturated carbocycles. The van der Waals surface area contributed by atoms with Gasteiger partial charge in [0.05, 0.1) is 0 Å². The van der Waals surface area contributed by atoms with Crippen LogP contribution in [0.4, 0.5) is 0 Å². The molecule has 0 unspecified atom stereocenters. The first-order valence-corrected chi connectivity index (χ1v) is 13.0. The van der Waals surface area contributed by atoms with Gasteiger partial charge in [0.25, 0.3) is 0 Å². The number of aromatic amines is 1. The summed E-state index contributed by atoms with van der Waals surface area (Å²) >= 11 is 0. The van der Waals surface area contributed by atoms with Crippen LogP contribution in [0, 0.1) is 0 Å². The molecule has 0 fully saturated rings. The molecule has 0 aliphatic heterocycles. The van der Waals surface area contributed by atoms with Crippen LogP contribution in [-0.4, -0.2) is 4.98 Å². The quantitative estimate of drug-likeness (QED) is 0.201. The van der Waals surface area contributed by atoms with E-state index in [1.807, 2.05) is 0 Å². The third kappa shape index (κ3) is 14.3. The molecule has 0 radical (unpaired) electrons. The Labute approximate surface area is 177 Å². The largest absolute Gasteiger partial charge is 0.367 e. The first-order chi connectivity index (χ1) is 13.9. The maximum atomic E-state index is 3.36. The Hall–Kier alpha value is -0.720. The highest BCUT2D eigenvalue weighted by molar-refractivity contribution is 5.23. The normalized spacial score (nSPS) is 11.4. The highest BCUT2D eigenvalue weighted by Crippen LogP contribution is 2.17. The van der Waals surface area contributed by atoms with Crippen LogP contribution in [0.25, 0.3) is 0 Å². The molecule has 0 spiro atoms. The first kappa shape index (κ1) is 25.3. The summed E-state index contributed by atoms with van der Waals surface area (Å²) in [5.41, 5.74) is 3.19. The molecule has 0 saturated heterocycles. The molecular weight excluding hydrogens is 338 g/mol. The highest BCUT2D eigenvalue weighted by atomic mass is 14.6. The van der Waals surface area contributed by atoms with Crippen LogP contribution in [0.15, 0.2) is 12.4 Å². The van der Waals surface area contributed by atoms with E-state index in [9.17, 15) is 0 Å². The van der Waals surface area contributed by atoms with Gasteiger partial charge in [0.2, 0.25) is 0 Å². The minimum Gasteiger partial charge on any atom is -0.367 e. The summed E-state index contributed by atoms with van der Waals surface area (Å²) in [4.78, 5) is 3.36. The van der Waals surface area contributed by atoms with Gasteiger partial charge in [-0.3, -0.25) is 0 Å². The molecule has 1 heteroatoms. The van der Waals surface area contributed by atoms with Crippen LogP contribution < -0.4 is 0 Å². The summed E-state index contributed by atoms with van der Waals surface area (Å²) in [5, 5.41) is 0. The molecule has 0 aliphatic rings. The maximum absolute atomic E-state index is 3.36. The third-order valence-corrected chi connectivity index (χ3v) is 6.28. The smallest absolute Gasteiger partial charge is 0.00401 e. The lowest BCUT2D eigenvalue weighted by molar-refractivity contribution is 0.543. The van der Waals surface area contributed by atoms with E-state index in [1.165, 1.54) is 135 Å². The second-order valence-corrected chi connectivity index (χ2v) is 9.02. The zero-order valence-corrected chi connectivity index (χ0v) is 19.5. The summed E-state index contributed by atoms with van der Waals surface area (Å²) in [6.07, 6.45) is 34.2. The molecule has 0 atom stereocenters. The Balaban J connectivity index is 1.92. The molecule has 1 rings (SSSR count). The van der Waals surface area contributed by atoms with E-state index >= 15 is 0 Å². The lowest BCUT2D eigenvalue weighted by Crippen LogP contribution is -1.92. The molecule has 1 nitrogen and oxygen atoms in total. The third-order valence-electron chi connectivity index (χ3n) is 6.28. The number of aryl methyl sites for hydroxylation is 2. The first-order valence-electron chi connectivity index (χ1n) is 13.0.